The highest BCUT2D eigenvalue weighted by atomic mass is 79.9. The lowest BCUT2D eigenvalue weighted by molar-refractivity contribution is 0.510. The molecular weight excluding hydrogens is 305 g/mol. The van der Waals surface area contributed by atoms with E-state index in [-0.39, 0.29) is 5.38 Å². The molecule has 1 N–H and O–H groups in total. The molecule has 0 saturated heterocycles. The number of anilines is 2. The zero-order valence-electron chi connectivity index (χ0n) is 9.37. The van der Waals surface area contributed by atoms with Gasteiger partial charge in [0, 0.05) is 4.47 Å². The highest BCUT2D eigenvalue weighted by Gasteiger charge is 2.11. The molecule has 0 spiro atoms. The van der Waals surface area contributed by atoms with Crippen LogP contribution in [-0.2, 0) is 0 Å². The summed E-state index contributed by atoms with van der Waals surface area (Å²) in [5.74, 6) is 0.401. The van der Waals surface area contributed by atoms with Crippen LogP contribution in [0.15, 0.2) is 27.1 Å². The zero-order chi connectivity index (χ0) is 12.4. The molecule has 1 aromatic heterocycles. The molecule has 0 aliphatic heterocycles. The summed E-state index contributed by atoms with van der Waals surface area (Å²) in [5.41, 5.74) is 2.02. The maximum absolute atomic E-state index is 5.84. The first-order valence-electron chi connectivity index (χ1n) is 5.07. The first-order valence-corrected chi connectivity index (χ1v) is 6.30. The Balaban J connectivity index is 2.22. The molecule has 0 bridgehead atoms. The number of nitrogens with zero attached hydrogens (tertiary/aromatic N) is 2. The summed E-state index contributed by atoms with van der Waals surface area (Å²) in [6.45, 7) is 3.79. The van der Waals surface area contributed by atoms with Gasteiger partial charge in [-0.2, -0.15) is 0 Å². The van der Waals surface area contributed by atoms with E-state index in [1.807, 2.05) is 25.1 Å². The topological polar surface area (TPSA) is 51.0 Å². The normalized spacial score (nSPS) is 12.5. The van der Waals surface area contributed by atoms with Crippen molar-refractivity contribution in [1.29, 1.82) is 0 Å². The van der Waals surface area contributed by atoms with Crippen LogP contribution in [0.5, 0.6) is 0 Å². The first kappa shape index (κ1) is 12.4. The van der Waals surface area contributed by atoms with Gasteiger partial charge in [-0.15, -0.1) is 16.7 Å². The molecule has 1 heterocycles. The van der Waals surface area contributed by atoms with Gasteiger partial charge in [-0.05, 0) is 47.5 Å². The second-order valence-corrected chi connectivity index (χ2v) is 5.18. The van der Waals surface area contributed by atoms with E-state index in [0.29, 0.717) is 11.9 Å². The molecule has 0 saturated carbocycles. The molecule has 1 atom stereocenters. The number of hydrogen-bond donors (Lipinski definition) is 1. The van der Waals surface area contributed by atoms with Gasteiger partial charge in [0.05, 0.1) is 5.69 Å². The molecule has 90 valence electrons. The smallest absolute Gasteiger partial charge is 0.320 e. The molecule has 2 rings (SSSR count). The van der Waals surface area contributed by atoms with Crippen LogP contribution in [-0.4, -0.2) is 10.2 Å². The fourth-order valence-corrected chi connectivity index (χ4v) is 1.73. The molecule has 17 heavy (non-hydrogen) atoms. The maximum Gasteiger partial charge on any atom is 0.320 e. The van der Waals surface area contributed by atoms with Crippen molar-refractivity contribution < 1.29 is 4.42 Å². The number of hydrogen-bond acceptors (Lipinski definition) is 4. The number of nitrogens with one attached hydrogen (secondary N) is 1. The van der Waals surface area contributed by atoms with Crippen molar-refractivity contribution in [1.82, 2.24) is 10.2 Å². The molecule has 2 aromatic rings. The predicted octanol–water partition coefficient (Wildman–Crippen LogP) is 4.18. The van der Waals surface area contributed by atoms with E-state index in [9.17, 15) is 0 Å². The Hall–Kier alpha value is -1.07. The van der Waals surface area contributed by atoms with Crippen LogP contribution in [0.2, 0.25) is 0 Å². The van der Waals surface area contributed by atoms with Crippen LogP contribution in [0.25, 0.3) is 0 Å². The predicted molar refractivity (Wildman–Crippen MR) is 70.7 cm³/mol. The average Bonchev–Trinajstić information content (AvgIpc) is 2.72. The van der Waals surface area contributed by atoms with Crippen LogP contribution in [0, 0.1) is 6.92 Å². The zero-order valence-corrected chi connectivity index (χ0v) is 11.7. The molecule has 1 unspecified atom stereocenters. The van der Waals surface area contributed by atoms with Crippen molar-refractivity contribution in [3.63, 3.8) is 0 Å². The number of aryl methyl sites for hydroxylation is 1. The Morgan fingerprint density at radius 2 is 2.18 bits per heavy atom. The number of benzene rings is 1. The van der Waals surface area contributed by atoms with Gasteiger partial charge in [-0.25, -0.2) is 0 Å². The summed E-state index contributed by atoms with van der Waals surface area (Å²) in [6, 6.07) is 6.28. The third-order valence-electron chi connectivity index (χ3n) is 2.14. The molecule has 0 aliphatic rings. The lowest BCUT2D eigenvalue weighted by atomic mass is 10.2. The van der Waals surface area contributed by atoms with Crippen molar-refractivity contribution in [2.75, 3.05) is 5.32 Å². The molecule has 0 fully saturated rings. The van der Waals surface area contributed by atoms with Crippen molar-refractivity contribution >= 4 is 39.2 Å². The van der Waals surface area contributed by atoms with Crippen LogP contribution < -0.4 is 5.32 Å². The monoisotopic (exact) mass is 315 g/mol. The van der Waals surface area contributed by atoms with Gasteiger partial charge < -0.3 is 9.73 Å². The van der Waals surface area contributed by atoms with Gasteiger partial charge in [0.2, 0.25) is 5.89 Å². The molecule has 1 aromatic carbocycles. The summed E-state index contributed by atoms with van der Waals surface area (Å²) >= 11 is 9.29. The Labute approximate surface area is 113 Å². The van der Waals surface area contributed by atoms with Gasteiger partial charge >= 0.3 is 6.01 Å². The number of alkyl halides is 1. The lowest BCUT2D eigenvalue weighted by Gasteiger charge is -2.05. The number of halogens is 2. The first-order chi connectivity index (χ1) is 8.06. The van der Waals surface area contributed by atoms with Crippen molar-refractivity contribution in [2.24, 2.45) is 0 Å². The van der Waals surface area contributed by atoms with E-state index < -0.39 is 0 Å². The second kappa shape index (κ2) is 5.06. The summed E-state index contributed by atoms with van der Waals surface area (Å²) in [6.07, 6.45) is 0. The van der Waals surface area contributed by atoms with Crippen LogP contribution in [0.4, 0.5) is 11.7 Å². The van der Waals surface area contributed by atoms with Crippen molar-refractivity contribution in [3.05, 3.63) is 34.1 Å². The standard InChI is InChI=1S/C11H11BrClN3O/c1-6-3-4-8(12)9(5-6)14-11-16-15-10(17-11)7(2)13/h3-5,7H,1-2H3,(H,14,16). The summed E-state index contributed by atoms with van der Waals surface area (Å²) < 4.78 is 6.29. The summed E-state index contributed by atoms with van der Waals surface area (Å²) in [7, 11) is 0. The Morgan fingerprint density at radius 3 is 2.82 bits per heavy atom. The largest absolute Gasteiger partial charge is 0.406 e. The fraction of sp³-hybridized carbons (Fsp3) is 0.273. The average molecular weight is 317 g/mol. The maximum atomic E-state index is 5.84. The molecule has 0 radical (unpaired) electrons. The Bertz CT molecular complexity index is 527. The molecule has 4 nitrogen and oxygen atoms in total. The highest BCUT2D eigenvalue weighted by Crippen LogP contribution is 2.27. The van der Waals surface area contributed by atoms with E-state index in [0.717, 1.165) is 15.7 Å². The fourth-order valence-electron chi connectivity index (χ4n) is 1.30. The van der Waals surface area contributed by atoms with Crippen LogP contribution >= 0.6 is 27.5 Å². The van der Waals surface area contributed by atoms with E-state index in [2.05, 4.69) is 31.4 Å². The molecule has 6 heteroatoms. The highest BCUT2D eigenvalue weighted by molar-refractivity contribution is 9.10. The number of rotatable bonds is 3. The van der Waals surface area contributed by atoms with E-state index in [1.165, 1.54) is 0 Å². The Kier molecular flexibility index (Phi) is 3.69. The minimum Gasteiger partial charge on any atom is -0.406 e. The van der Waals surface area contributed by atoms with Gasteiger partial charge in [-0.1, -0.05) is 11.2 Å². The summed E-state index contributed by atoms with van der Waals surface area (Å²) in [4.78, 5) is 0. The number of aromatic nitrogens is 2. The minimum atomic E-state index is -0.293. The molecule has 0 aliphatic carbocycles. The molecular formula is C11H11BrClN3O. The van der Waals surface area contributed by atoms with E-state index >= 15 is 0 Å². The second-order valence-electron chi connectivity index (χ2n) is 3.67. The Morgan fingerprint density at radius 1 is 1.41 bits per heavy atom. The van der Waals surface area contributed by atoms with E-state index in [1.54, 1.807) is 6.92 Å². The van der Waals surface area contributed by atoms with Crippen molar-refractivity contribution in [3.8, 4) is 0 Å². The lowest BCUT2D eigenvalue weighted by Crippen LogP contribution is -1.92. The third-order valence-corrected chi connectivity index (χ3v) is 3.02. The minimum absolute atomic E-state index is 0.293. The quantitative estimate of drug-likeness (QED) is 0.863. The van der Waals surface area contributed by atoms with Gasteiger partial charge in [0.25, 0.3) is 0 Å². The van der Waals surface area contributed by atoms with Crippen molar-refractivity contribution in [2.45, 2.75) is 19.2 Å². The third kappa shape index (κ3) is 2.98. The van der Waals surface area contributed by atoms with Gasteiger partial charge in [0.15, 0.2) is 0 Å². The van der Waals surface area contributed by atoms with Gasteiger partial charge in [-0.3, -0.25) is 0 Å². The van der Waals surface area contributed by atoms with E-state index in [4.69, 9.17) is 16.0 Å². The summed E-state index contributed by atoms with van der Waals surface area (Å²) in [5, 5.41) is 10.5. The molecule has 0 amide bonds. The SMILES string of the molecule is Cc1ccc(Br)c(Nc2nnc(C(C)Cl)o2)c1. The van der Waals surface area contributed by atoms with Gasteiger partial charge in [0.1, 0.15) is 5.38 Å². The van der Waals surface area contributed by atoms with Crippen LogP contribution in [0.1, 0.15) is 23.8 Å². The van der Waals surface area contributed by atoms with Crippen LogP contribution in [0.3, 0.4) is 0 Å².